The average Bonchev–Trinajstić information content (AvgIpc) is 0.770. The predicted molar refractivity (Wildman–Crippen MR) is 521 cm³/mol. The number of amides is 9. The molecule has 9 atom stereocenters. The number of nitrogens with one attached hydrogen (secondary N) is 6. The average molecular weight is 2800 g/mol. The second-order valence-electron chi connectivity index (χ2n) is 27.7. The number of nitrogens with zero attached hydrogens (tertiary/aromatic N) is 3. The van der Waals surface area contributed by atoms with E-state index in [1.807, 2.05) is 0 Å². The number of likely N-dealkylation sites (N-methyl/N-ethyl adjacent to an activating group) is 3. The Balaban J connectivity index is 2.33. The molecule has 0 heterocycles. The highest BCUT2D eigenvalue weighted by Gasteiger charge is 2.43. The van der Waals surface area contributed by atoms with Crippen molar-refractivity contribution in [2.75, 3.05) is 116 Å². The second-order valence-corrected chi connectivity index (χ2v) is 37.4. The third kappa shape index (κ3) is 36.1. The molecule has 12 N–H and O–H groups in total. The van der Waals surface area contributed by atoms with E-state index in [1.165, 1.54) is 21.1 Å². The number of anilines is 3. The van der Waals surface area contributed by atoms with Gasteiger partial charge in [0.25, 0.3) is 53.2 Å². The zero-order valence-corrected chi connectivity index (χ0v) is 89.4. The van der Waals surface area contributed by atoms with Crippen molar-refractivity contribution >= 4 is 327 Å². The normalized spacial score (nSPS) is 13.3. The molecular formula is C76H94I9N9O33. The molecule has 0 fully saturated rings. The molecule has 0 spiro atoms. The standard InChI is InChI=1S/C76H94I9N9O33/c1-31(98)119-28-44(122-34(4)101)65(125-37(7)104)71(113)89-62-56(80)47(53(77)50(59(62)83)74(116)92(10)22-41(107)25-95)68(110)86-19-13-16-40(17-14-20-87-69(111)48-54(78)51(75(117)93(11)23-42(108)26-96)60(84)63(57(48)81)90-72(114)66(126-38(8)105)45(123-35(5)102)29-120-32(2)99)18-15-21-88-70(112)49-55(79)52(76(118)94(12)24-43(109)27-97)61(85)64(58(49)82)91-73(115)67(127-39(9)106)46(124-36(6)103)30-121-33(3)100/h40-46,65-67,95-97,107-109H,13-30H2,1-12H3,(H,86,110)(H,87,111)(H,88,112)(H,89,113)(H,90,114)(H,91,115). The minimum atomic E-state index is -2.02. The third-order valence-electron chi connectivity index (χ3n) is 17.3. The van der Waals surface area contributed by atoms with Crippen LogP contribution < -0.4 is 31.9 Å². The highest BCUT2D eigenvalue weighted by Crippen LogP contribution is 2.41. The van der Waals surface area contributed by atoms with Crippen LogP contribution in [0.3, 0.4) is 0 Å². The van der Waals surface area contributed by atoms with E-state index in [1.54, 1.807) is 203 Å². The Morgan fingerprint density at radius 2 is 0.512 bits per heavy atom. The van der Waals surface area contributed by atoms with E-state index in [0.717, 1.165) is 77.0 Å². The van der Waals surface area contributed by atoms with Crippen molar-refractivity contribution in [2.45, 2.75) is 156 Å². The molecule has 0 aliphatic carbocycles. The Bertz CT molecular complexity index is 4180. The Labute approximate surface area is 850 Å². The van der Waals surface area contributed by atoms with Gasteiger partial charge in [0.15, 0.2) is 18.3 Å². The fourth-order valence-corrected chi connectivity index (χ4v) is 24.9. The Morgan fingerprint density at radius 1 is 0.307 bits per heavy atom. The third-order valence-corrected chi connectivity index (χ3v) is 27.0. The number of esters is 9. The smallest absolute Gasteiger partial charge is 0.303 e. The summed E-state index contributed by atoms with van der Waals surface area (Å²) in [6, 6.07) is 0. The monoisotopic (exact) mass is 2800 g/mol. The van der Waals surface area contributed by atoms with E-state index >= 15 is 0 Å². The number of carbonyl (C=O) groups excluding carboxylic acids is 18. The van der Waals surface area contributed by atoms with Gasteiger partial charge in [0, 0.05) is 133 Å². The second kappa shape index (κ2) is 56.5. The summed E-state index contributed by atoms with van der Waals surface area (Å²) in [5, 5.41) is 76.8. The van der Waals surface area contributed by atoms with Crippen LogP contribution in [0.4, 0.5) is 17.1 Å². The number of aliphatic hydroxyl groups excluding tert-OH is 6. The number of carbonyl (C=O) groups is 18. The van der Waals surface area contributed by atoms with E-state index in [-0.39, 0.29) is 147 Å². The van der Waals surface area contributed by atoms with E-state index in [2.05, 4.69) is 31.9 Å². The Morgan fingerprint density at radius 3 is 0.701 bits per heavy atom. The van der Waals surface area contributed by atoms with Crippen molar-refractivity contribution in [3.05, 3.63) is 65.5 Å². The topological polar surface area (TPSA) is 594 Å². The van der Waals surface area contributed by atoms with Crippen LogP contribution in [0, 0.1) is 38.0 Å². The van der Waals surface area contributed by atoms with Crippen LogP contribution in [0.2, 0.25) is 0 Å². The molecule has 0 aliphatic rings. The minimum absolute atomic E-state index is 0.0101. The summed E-state index contributed by atoms with van der Waals surface area (Å²) < 4.78 is 47.1. The van der Waals surface area contributed by atoms with Crippen molar-refractivity contribution in [1.29, 1.82) is 0 Å². The van der Waals surface area contributed by atoms with Crippen LogP contribution in [0.15, 0.2) is 0 Å². The number of hydrogen-bond acceptors (Lipinski definition) is 33. The van der Waals surface area contributed by atoms with Crippen LogP contribution in [0.25, 0.3) is 0 Å². The minimum Gasteiger partial charge on any atom is -0.462 e. The SMILES string of the molecule is CC(=O)OCC(OC(C)=O)C(OC(C)=O)C(=O)Nc1c(I)c(C(=O)NCCCC(CCCNC(=O)c2c(I)c(NC(=O)C(OC(C)=O)C(COC(C)=O)OC(C)=O)c(I)c(C(=O)N(C)CC(O)CO)c2I)CCCNC(=O)c2c(I)c(NC(=O)C(OC(C)=O)C(COC(C)=O)OC(C)=O)c(I)c(C(=O)N(C)CC(O)CO)c2I)c(I)c(C(=O)N(C)CC(O)CO)c1I. The molecule has 3 aromatic carbocycles. The maximum atomic E-state index is 14.9. The van der Waals surface area contributed by atoms with Crippen molar-refractivity contribution in [1.82, 2.24) is 30.7 Å². The fraction of sp³-hybridized carbons (Fsp3) is 0.526. The molecule has 51 heteroatoms. The van der Waals surface area contributed by atoms with Crippen molar-refractivity contribution in [3.63, 3.8) is 0 Å². The summed E-state index contributed by atoms with van der Waals surface area (Å²) in [7, 11) is 3.89. The van der Waals surface area contributed by atoms with Crippen LogP contribution in [-0.4, -0.2) is 307 Å². The fourth-order valence-electron chi connectivity index (χ4n) is 11.7. The van der Waals surface area contributed by atoms with Gasteiger partial charge >= 0.3 is 53.7 Å². The summed E-state index contributed by atoms with van der Waals surface area (Å²) in [5.41, 5.74) is -1.71. The van der Waals surface area contributed by atoms with Crippen molar-refractivity contribution < 1.29 is 160 Å². The molecule has 0 saturated carbocycles. The maximum absolute atomic E-state index is 14.9. The first-order valence-electron chi connectivity index (χ1n) is 37.8. The van der Waals surface area contributed by atoms with Gasteiger partial charge in [-0.2, -0.15) is 0 Å². The zero-order chi connectivity index (χ0) is 96.6. The molecule has 0 aromatic heterocycles. The van der Waals surface area contributed by atoms with E-state index < -0.39 is 221 Å². The first-order chi connectivity index (χ1) is 59.3. The summed E-state index contributed by atoms with van der Waals surface area (Å²) in [4.78, 5) is 245. The number of benzene rings is 3. The van der Waals surface area contributed by atoms with Crippen molar-refractivity contribution in [3.8, 4) is 0 Å². The molecule has 0 aliphatic heterocycles. The summed E-state index contributed by atoms with van der Waals surface area (Å²) in [6.07, 6.45) is -14.2. The predicted octanol–water partition coefficient (Wildman–Crippen LogP) is 4.05. The van der Waals surface area contributed by atoms with Gasteiger partial charge in [-0.3, -0.25) is 86.3 Å². The maximum Gasteiger partial charge on any atom is 0.303 e. The number of rotatable bonds is 48. The van der Waals surface area contributed by atoms with Gasteiger partial charge < -0.3 is 120 Å². The molecule has 0 bridgehead atoms. The van der Waals surface area contributed by atoms with Gasteiger partial charge in [-0.15, -0.1) is 0 Å². The number of halogens is 9. The first kappa shape index (κ1) is 116. The number of aliphatic hydroxyl groups is 6. The van der Waals surface area contributed by atoms with Gasteiger partial charge in [0.05, 0.1) is 110 Å². The van der Waals surface area contributed by atoms with Crippen LogP contribution in [0.5, 0.6) is 0 Å². The molecule has 704 valence electrons. The quantitative estimate of drug-likeness (QED) is 0.0164. The molecular weight excluding hydrogens is 2710 g/mol. The Hall–Kier alpha value is -5.55. The molecule has 0 radical (unpaired) electrons. The van der Waals surface area contributed by atoms with E-state index in [4.69, 9.17) is 42.6 Å². The lowest BCUT2D eigenvalue weighted by Gasteiger charge is -2.27. The highest BCUT2D eigenvalue weighted by atomic mass is 127. The Kier molecular flexibility index (Phi) is 51.4. The molecule has 0 saturated heterocycles. The zero-order valence-electron chi connectivity index (χ0n) is 70.0. The lowest BCUT2D eigenvalue weighted by molar-refractivity contribution is -0.175. The molecule has 9 amide bonds. The van der Waals surface area contributed by atoms with Gasteiger partial charge in [-0.1, -0.05) is 0 Å². The van der Waals surface area contributed by atoms with Gasteiger partial charge in [0.1, 0.15) is 19.8 Å². The molecule has 3 rings (SSSR count). The van der Waals surface area contributed by atoms with Gasteiger partial charge in [-0.05, 0) is 248 Å². The summed E-state index contributed by atoms with van der Waals surface area (Å²) in [5.74, 6) is -17.5. The molecule has 9 unspecified atom stereocenters. The van der Waals surface area contributed by atoms with Gasteiger partial charge in [-0.25, -0.2) is 0 Å². The lowest BCUT2D eigenvalue weighted by atomic mass is 9.92. The molecule has 127 heavy (non-hydrogen) atoms. The largest absolute Gasteiger partial charge is 0.462 e. The lowest BCUT2D eigenvalue weighted by Crippen LogP contribution is -2.46. The first-order valence-corrected chi connectivity index (χ1v) is 47.5. The van der Waals surface area contributed by atoms with E-state index in [0.29, 0.717) is 0 Å². The highest BCUT2D eigenvalue weighted by molar-refractivity contribution is 14.1. The summed E-state index contributed by atoms with van der Waals surface area (Å²) >= 11 is 15.7. The van der Waals surface area contributed by atoms with Crippen molar-refractivity contribution in [2.24, 2.45) is 5.92 Å². The number of hydrogen-bond donors (Lipinski definition) is 12. The molecule has 3 aromatic rings. The number of ether oxygens (including phenoxy) is 9. The van der Waals surface area contributed by atoms with Crippen LogP contribution >= 0.6 is 203 Å². The van der Waals surface area contributed by atoms with Gasteiger partial charge in [0.2, 0.25) is 18.3 Å². The summed E-state index contributed by atoms with van der Waals surface area (Å²) in [6.45, 7) is 2.63. The molecule has 42 nitrogen and oxygen atoms in total. The van der Waals surface area contributed by atoms with E-state index in [9.17, 15) is 117 Å². The van der Waals surface area contributed by atoms with Crippen LogP contribution in [0.1, 0.15) is 163 Å². The van der Waals surface area contributed by atoms with Crippen LogP contribution in [-0.2, 0) is 100 Å².